The highest BCUT2D eigenvalue weighted by molar-refractivity contribution is 5.82. The number of nitrogens with two attached hydrogens (primary N) is 1. The molecule has 9 heteroatoms. The summed E-state index contributed by atoms with van der Waals surface area (Å²) in [4.78, 5) is 35.2. The fourth-order valence-electron chi connectivity index (χ4n) is 4.49. The molecule has 0 saturated carbocycles. The van der Waals surface area contributed by atoms with Crippen molar-refractivity contribution in [2.24, 2.45) is 5.73 Å². The van der Waals surface area contributed by atoms with E-state index in [1.807, 2.05) is 35.8 Å². The maximum atomic E-state index is 13.4. The van der Waals surface area contributed by atoms with E-state index in [0.717, 1.165) is 48.3 Å². The molecule has 4 heterocycles. The number of rotatable bonds is 4. The second kappa shape index (κ2) is 7.66. The number of aromatic nitrogens is 5. The number of H-pyrrole nitrogens is 1. The van der Waals surface area contributed by atoms with Gasteiger partial charge in [-0.3, -0.25) is 9.59 Å². The van der Waals surface area contributed by atoms with E-state index >= 15 is 0 Å². The second-order valence-electron chi connectivity index (χ2n) is 8.05. The molecule has 1 saturated heterocycles. The number of hydrogen-bond acceptors (Lipinski definition) is 6. The third-order valence-corrected chi connectivity index (χ3v) is 5.94. The first-order valence-corrected chi connectivity index (χ1v) is 10.6. The largest absolute Gasteiger partial charge is 0.341 e. The van der Waals surface area contributed by atoms with E-state index in [-0.39, 0.29) is 23.7 Å². The van der Waals surface area contributed by atoms with E-state index in [4.69, 9.17) is 10.7 Å². The van der Waals surface area contributed by atoms with Crippen molar-refractivity contribution in [3.8, 4) is 0 Å². The Hall–Kier alpha value is -3.46. The highest BCUT2D eigenvalue weighted by Crippen LogP contribution is 2.23. The molecule has 0 aliphatic carbocycles. The van der Waals surface area contributed by atoms with Gasteiger partial charge in [0.05, 0.1) is 12.7 Å². The van der Waals surface area contributed by atoms with Crippen LogP contribution in [-0.2, 0) is 13.1 Å². The van der Waals surface area contributed by atoms with Crippen LogP contribution in [-0.4, -0.2) is 43.4 Å². The van der Waals surface area contributed by atoms with Crippen molar-refractivity contribution in [2.45, 2.75) is 38.9 Å². The second-order valence-corrected chi connectivity index (χ2v) is 8.05. The van der Waals surface area contributed by atoms with Crippen LogP contribution in [0.5, 0.6) is 0 Å². The molecule has 9 nitrogen and oxygen atoms in total. The predicted molar refractivity (Wildman–Crippen MR) is 121 cm³/mol. The molecular weight excluding hydrogens is 394 g/mol. The summed E-state index contributed by atoms with van der Waals surface area (Å²) in [5.74, 6) is 0.769. The highest BCUT2D eigenvalue weighted by Gasteiger charge is 2.24. The zero-order valence-corrected chi connectivity index (χ0v) is 17.4. The first-order chi connectivity index (χ1) is 15.0. The molecule has 1 atom stereocenters. The third-order valence-electron chi connectivity index (χ3n) is 5.94. The summed E-state index contributed by atoms with van der Waals surface area (Å²) >= 11 is 0. The van der Waals surface area contributed by atoms with Crippen molar-refractivity contribution < 1.29 is 0 Å². The van der Waals surface area contributed by atoms with Crippen LogP contribution in [0.2, 0.25) is 0 Å². The van der Waals surface area contributed by atoms with E-state index in [9.17, 15) is 9.59 Å². The first-order valence-electron chi connectivity index (χ1n) is 10.6. The van der Waals surface area contributed by atoms with E-state index in [1.165, 1.54) is 10.7 Å². The topological polar surface area (TPSA) is 115 Å². The van der Waals surface area contributed by atoms with Gasteiger partial charge in [-0.2, -0.15) is 5.10 Å². The minimum atomic E-state index is -0.219. The van der Waals surface area contributed by atoms with Crippen LogP contribution < -0.4 is 21.8 Å². The summed E-state index contributed by atoms with van der Waals surface area (Å²) < 4.78 is 3.35. The van der Waals surface area contributed by atoms with E-state index < -0.39 is 0 Å². The monoisotopic (exact) mass is 419 g/mol. The molecule has 4 aromatic rings. The lowest BCUT2D eigenvalue weighted by Gasteiger charge is -2.31. The minimum Gasteiger partial charge on any atom is -0.341 e. The van der Waals surface area contributed by atoms with Gasteiger partial charge in [0.25, 0.3) is 5.56 Å². The Bertz CT molecular complexity index is 1380. The highest BCUT2D eigenvalue weighted by atomic mass is 16.1. The zero-order valence-electron chi connectivity index (χ0n) is 17.4. The molecular formula is C22H25N7O2. The number of benzene rings is 1. The lowest BCUT2D eigenvalue weighted by atomic mass is 10.1. The molecule has 1 aliphatic heterocycles. The lowest BCUT2D eigenvalue weighted by Crippen LogP contribution is -2.44. The Morgan fingerprint density at radius 1 is 1.26 bits per heavy atom. The average Bonchev–Trinajstić information content (AvgIpc) is 3.15. The fraction of sp³-hybridized carbons (Fsp3) is 0.364. The van der Waals surface area contributed by atoms with Gasteiger partial charge < -0.3 is 20.2 Å². The summed E-state index contributed by atoms with van der Waals surface area (Å²) in [5.41, 5.74) is 8.33. The van der Waals surface area contributed by atoms with Gasteiger partial charge in [0.1, 0.15) is 11.0 Å². The van der Waals surface area contributed by atoms with Crippen molar-refractivity contribution in [1.82, 2.24) is 24.3 Å². The van der Waals surface area contributed by atoms with Gasteiger partial charge >= 0.3 is 0 Å². The van der Waals surface area contributed by atoms with Crippen molar-refractivity contribution >= 4 is 27.9 Å². The molecule has 0 amide bonds. The molecule has 0 radical (unpaired) electrons. The summed E-state index contributed by atoms with van der Waals surface area (Å²) in [6.07, 6.45) is 3.64. The van der Waals surface area contributed by atoms with Crippen LogP contribution in [0.25, 0.3) is 21.9 Å². The number of anilines is 1. The third kappa shape index (κ3) is 3.40. The number of hydrogen-bond donors (Lipinski definition) is 2. The SMILES string of the molecule is CCn1c(N2CCCC(N)C2)nc2cnn(Cc3cc(=O)[nH]c4ccccc34)c(=O)c21. The van der Waals surface area contributed by atoms with Crippen LogP contribution in [0.1, 0.15) is 25.3 Å². The summed E-state index contributed by atoms with van der Waals surface area (Å²) in [6.45, 7) is 4.42. The lowest BCUT2D eigenvalue weighted by molar-refractivity contribution is 0.494. The molecule has 31 heavy (non-hydrogen) atoms. The van der Waals surface area contributed by atoms with E-state index in [0.29, 0.717) is 17.6 Å². The molecule has 1 aliphatic rings. The van der Waals surface area contributed by atoms with Crippen molar-refractivity contribution in [3.63, 3.8) is 0 Å². The Kier molecular flexibility index (Phi) is 4.82. The summed E-state index contributed by atoms with van der Waals surface area (Å²) in [5, 5.41) is 5.25. The van der Waals surface area contributed by atoms with Crippen LogP contribution in [0.15, 0.2) is 46.1 Å². The van der Waals surface area contributed by atoms with Gasteiger partial charge in [-0.15, -0.1) is 0 Å². The predicted octanol–water partition coefficient (Wildman–Crippen LogP) is 1.43. The first kappa shape index (κ1) is 19.5. The van der Waals surface area contributed by atoms with Gasteiger partial charge in [0, 0.05) is 42.6 Å². The number of piperidine rings is 1. The zero-order chi connectivity index (χ0) is 21.5. The molecule has 3 aromatic heterocycles. The summed E-state index contributed by atoms with van der Waals surface area (Å²) in [6, 6.07) is 9.19. The number of nitrogens with zero attached hydrogens (tertiary/aromatic N) is 5. The van der Waals surface area contributed by atoms with Crippen LogP contribution >= 0.6 is 0 Å². The van der Waals surface area contributed by atoms with E-state index in [2.05, 4.69) is 15.0 Å². The summed E-state index contributed by atoms with van der Waals surface area (Å²) in [7, 11) is 0. The average molecular weight is 419 g/mol. The Labute approximate surface area is 178 Å². The molecule has 0 bridgehead atoms. The Morgan fingerprint density at radius 3 is 2.90 bits per heavy atom. The number of aromatic amines is 1. The van der Waals surface area contributed by atoms with Crippen LogP contribution in [0, 0.1) is 0 Å². The Balaban J connectivity index is 1.61. The number of imidazole rings is 1. The quantitative estimate of drug-likeness (QED) is 0.517. The molecule has 3 N–H and O–H groups in total. The normalized spacial score (nSPS) is 17.0. The van der Waals surface area contributed by atoms with Gasteiger partial charge in [-0.05, 0) is 31.4 Å². The van der Waals surface area contributed by atoms with Crippen molar-refractivity contribution in [2.75, 3.05) is 18.0 Å². The number of pyridine rings is 1. The molecule has 1 fully saturated rings. The van der Waals surface area contributed by atoms with Crippen molar-refractivity contribution in [1.29, 1.82) is 0 Å². The van der Waals surface area contributed by atoms with Gasteiger partial charge in [-0.25, -0.2) is 9.67 Å². The molecule has 0 spiro atoms. The molecule has 160 valence electrons. The maximum Gasteiger partial charge on any atom is 0.293 e. The number of nitrogens with one attached hydrogen (secondary N) is 1. The number of para-hydroxylation sites is 1. The maximum absolute atomic E-state index is 13.4. The molecule has 1 aromatic carbocycles. The van der Waals surface area contributed by atoms with Gasteiger partial charge in [0.15, 0.2) is 0 Å². The Morgan fingerprint density at radius 2 is 2.10 bits per heavy atom. The molecule has 5 rings (SSSR count). The van der Waals surface area contributed by atoms with Gasteiger partial charge in [0.2, 0.25) is 11.5 Å². The number of aryl methyl sites for hydroxylation is 1. The van der Waals surface area contributed by atoms with Crippen LogP contribution in [0.3, 0.4) is 0 Å². The van der Waals surface area contributed by atoms with Crippen molar-refractivity contribution in [3.05, 3.63) is 62.8 Å². The fourth-order valence-corrected chi connectivity index (χ4v) is 4.49. The van der Waals surface area contributed by atoms with Crippen LogP contribution in [0.4, 0.5) is 5.95 Å². The standard InChI is InChI=1S/C22H25N7O2/c1-2-28-20-18(26-22(28)27-9-5-6-15(23)13-27)11-24-29(21(20)31)12-14-10-19(30)25-17-8-4-3-7-16(14)17/h3-4,7-8,10-11,15H,2,5-6,9,12-13,23H2,1H3,(H,25,30). The smallest absolute Gasteiger partial charge is 0.293 e. The number of fused-ring (bicyclic) bond motifs is 2. The molecule has 1 unspecified atom stereocenters. The van der Waals surface area contributed by atoms with E-state index in [1.54, 1.807) is 6.20 Å². The van der Waals surface area contributed by atoms with Gasteiger partial charge in [-0.1, -0.05) is 18.2 Å². The minimum absolute atomic E-state index is 0.109.